The van der Waals surface area contributed by atoms with E-state index in [1.807, 2.05) is 0 Å². The lowest BCUT2D eigenvalue weighted by molar-refractivity contribution is 0.380. The molecule has 0 bridgehead atoms. The molecule has 2 rings (SSSR count). The molecule has 1 atom stereocenters. The van der Waals surface area contributed by atoms with E-state index in [1.165, 1.54) is 11.4 Å². The van der Waals surface area contributed by atoms with Gasteiger partial charge >= 0.3 is 0 Å². The van der Waals surface area contributed by atoms with Crippen molar-refractivity contribution in [3.05, 3.63) is 23.5 Å². The van der Waals surface area contributed by atoms with E-state index in [4.69, 9.17) is 4.74 Å². The minimum atomic E-state index is 0.486. The van der Waals surface area contributed by atoms with Gasteiger partial charge in [-0.1, -0.05) is 0 Å². The van der Waals surface area contributed by atoms with Crippen LogP contribution in [0.4, 0.5) is 0 Å². The van der Waals surface area contributed by atoms with Gasteiger partial charge in [-0.2, -0.15) is 0 Å². The highest BCUT2D eigenvalue weighted by molar-refractivity contribution is 5.13. The molecule has 0 aromatic carbocycles. The van der Waals surface area contributed by atoms with Gasteiger partial charge < -0.3 is 9.30 Å². The number of ether oxygens (including phenoxy) is 1. The molecule has 0 spiro atoms. The maximum absolute atomic E-state index is 5.17. The summed E-state index contributed by atoms with van der Waals surface area (Å²) in [6, 6.07) is 4.30. The van der Waals surface area contributed by atoms with E-state index in [-0.39, 0.29) is 0 Å². The van der Waals surface area contributed by atoms with Crippen molar-refractivity contribution >= 4 is 0 Å². The number of aryl methyl sites for hydroxylation is 2. The third-order valence-corrected chi connectivity index (χ3v) is 2.21. The molecular weight excluding hydrogens is 138 g/mol. The molecule has 0 amide bonds. The van der Waals surface area contributed by atoms with E-state index in [0.29, 0.717) is 6.10 Å². The summed E-state index contributed by atoms with van der Waals surface area (Å²) in [6.07, 6.45) is 0.486. The minimum Gasteiger partial charge on any atom is -0.371 e. The highest BCUT2D eigenvalue weighted by atomic mass is 16.6. The van der Waals surface area contributed by atoms with Crippen LogP contribution in [0.1, 0.15) is 11.4 Å². The topological polar surface area (TPSA) is 17.5 Å². The third kappa shape index (κ3) is 1.31. The number of aromatic nitrogens is 1. The Bertz CT molecular complexity index is 241. The summed E-state index contributed by atoms with van der Waals surface area (Å²) in [5.41, 5.74) is 2.66. The Balaban J connectivity index is 2.19. The summed E-state index contributed by atoms with van der Waals surface area (Å²) >= 11 is 0. The summed E-state index contributed by atoms with van der Waals surface area (Å²) in [7, 11) is 0. The van der Waals surface area contributed by atoms with Gasteiger partial charge in [-0.25, -0.2) is 0 Å². The van der Waals surface area contributed by atoms with Crippen LogP contribution in [0.25, 0.3) is 0 Å². The molecular formula is C9H13NO. The van der Waals surface area contributed by atoms with Gasteiger partial charge in [-0.15, -0.1) is 0 Å². The number of hydrogen-bond donors (Lipinski definition) is 0. The van der Waals surface area contributed by atoms with Crippen LogP contribution in [0, 0.1) is 13.8 Å². The van der Waals surface area contributed by atoms with Crippen molar-refractivity contribution in [2.24, 2.45) is 0 Å². The van der Waals surface area contributed by atoms with Gasteiger partial charge in [0.05, 0.1) is 19.3 Å². The molecule has 0 N–H and O–H groups in total. The fourth-order valence-corrected chi connectivity index (χ4v) is 1.36. The lowest BCUT2D eigenvalue weighted by Gasteiger charge is -2.05. The molecule has 1 aromatic heterocycles. The summed E-state index contributed by atoms with van der Waals surface area (Å²) in [5.74, 6) is 0. The summed E-state index contributed by atoms with van der Waals surface area (Å²) in [6.45, 7) is 6.24. The zero-order valence-electron chi connectivity index (χ0n) is 7.00. The molecule has 2 heterocycles. The fourth-order valence-electron chi connectivity index (χ4n) is 1.36. The average Bonchev–Trinajstić information content (AvgIpc) is 2.73. The molecule has 60 valence electrons. The van der Waals surface area contributed by atoms with E-state index in [0.717, 1.165) is 13.2 Å². The van der Waals surface area contributed by atoms with Gasteiger partial charge in [0.15, 0.2) is 0 Å². The van der Waals surface area contributed by atoms with Crippen molar-refractivity contribution in [1.29, 1.82) is 0 Å². The Morgan fingerprint density at radius 1 is 1.45 bits per heavy atom. The number of nitrogens with zero attached hydrogens (tertiary/aromatic N) is 1. The van der Waals surface area contributed by atoms with Crippen LogP contribution in [-0.4, -0.2) is 17.3 Å². The second-order valence-corrected chi connectivity index (χ2v) is 3.18. The van der Waals surface area contributed by atoms with Crippen molar-refractivity contribution in [2.75, 3.05) is 6.61 Å². The molecule has 1 aromatic rings. The van der Waals surface area contributed by atoms with Gasteiger partial charge in [0.2, 0.25) is 0 Å². The molecule has 1 fully saturated rings. The van der Waals surface area contributed by atoms with E-state index >= 15 is 0 Å². The Morgan fingerprint density at radius 3 is 2.45 bits per heavy atom. The van der Waals surface area contributed by atoms with Crippen LogP contribution in [0.3, 0.4) is 0 Å². The van der Waals surface area contributed by atoms with E-state index in [2.05, 4.69) is 30.5 Å². The molecule has 2 nitrogen and oxygen atoms in total. The Hall–Kier alpha value is -0.760. The van der Waals surface area contributed by atoms with Gasteiger partial charge in [-0.05, 0) is 26.0 Å². The average molecular weight is 151 g/mol. The number of rotatable bonds is 2. The first-order chi connectivity index (χ1) is 5.27. The predicted octanol–water partition coefficient (Wildman–Crippen LogP) is 1.50. The van der Waals surface area contributed by atoms with Gasteiger partial charge in [0.25, 0.3) is 0 Å². The Kier molecular flexibility index (Phi) is 1.50. The molecule has 1 aliphatic rings. The van der Waals surface area contributed by atoms with Crippen LogP contribution >= 0.6 is 0 Å². The minimum absolute atomic E-state index is 0.486. The fraction of sp³-hybridized carbons (Fsp3) is 0.556. The summed E-state index contributed by atoms with van der Waals surface area (Å²) in [4.78, 5) is 0. The van der Waals surface area contributed by atoms with Crippen molar-refractivity contribution in [1.82, 2.24) is 4.57 Å². The summed E-state index contributed by atoms with van der Waals surface area (Å²) in [5, 5.41) is 0. The molecule has 0 aliphatic carbocycles. The highest BCUT2D eigenvalue weighted by Crippen LogP contribution is 2.15. The maximum Gasteiger partial charge on any atom is 0.0988 e. The predicted molar refractivity (Wildman–Crippen MR) is 43.6 cm³/mol. The van der Waals surface area contributed by atoms with Gasteiger partial charge in [0, 0.05) is 11.4 Å². The SMILES string of the molecule is Cc1ccc(C)n1C[C@H]1CO1. The van der Waals surface area contributed by atoms with Gasteiger partial charge in [0.1, 0.15) is 0 Å². The monoisotopic (exact) mass is 151 g/mol. The zero-order chi connectivity index (χ0) is 7.84. The second-order valence-electron chi connectivity index (χ2n) is 3.18. The van der Waals surface area contributed by atoms with Crippen LogP contribution in [0.15, 0.2) is 12.1 Å². The van der Waals surface area contributed by atoms with E-state index in [1.54, 1.807) is 0 Å². The van der Waals surface area contributed by atoms with E-state index in [9.17, 15) is 0 Å². The Labute approximate surface area is 66.8 Å². The van der Waals surface area contributed by atoms with Crippen LogP contribution in [0.5, 0.6) is 0 Å². The van der Waals surface area contributed by atoms with Crippen LogP contribution in [-0.2, 0) is 11.3 Å². The molecule has 0 radical (unpaired) electrons. The quantitative estimate of drug-likeness (QED) is 0.585. The number of epoxide rings is 1. The van der Waals surface area contributed by atoms with Crippen LogP contribution < -0.4 is 0 Å². The number of hydrogen-bond acceptors (Lipinski definition) is 1. The van der Waals surface area contributed by atoms with Gasteiger partial charge in [-0.3, -0.25) is 0 Å². The molecule has 1 saturated heterocycles. The first-order valence-corrected chi connectivity index (χ1v) is 4.01. The first kappa shape index (κ1) is 6.92. The second kappa shape index (κ2) is 2.38. The smallest absolute Gasteiger partial charge is 0.0988 e. The van der Waals surface area contributed by atoms with Crippen molar-refractivity contribution in [3.63, 3.8) is 0 Å². The lowest BCUT2D eigenvalue weighted by Crippen LogP contribution is -2.06. The lowest BCUT2D eigenvalue weighted by atomic mass is 10.4. The molecule has 0 unspecified atom stereocenters. The van der Waals surface area contributed by atoms with E-state index < -0.39 is 0 Å². The molecule has 2 heteroatoms. The Morgan fingerprint density at radius 2 is 2.00 bits per heavy atom. The maximum atomic E-state index is 5.17. The zero-order valence-corrected chi connectivity index (χ0v) is 7.00. The third-order valence-electron chi connectivity index (χ3n) is 2.21. The standard InChI is InChI=1S/C9H13NO/c1-7-3-4-8(2)10(7)5-9-6-11-9/h3-4,9H,5-6H2,1-2H3/t9-/m0/s1. The van der Waals surface area contributed by atoms with Crippen molar-refractivity contribution in [2.45, 2.75) is 26.5 Å². The highest BCUT2D eigenvalue weighted by Gasteiger charge is 2.23. The summed E-state index contributed by atoms with van der Waals surface area (Å²) < 4.78 is 7.47. The van der Waals surface area contributed by atoms with Crippen molar-refractivity contribution in [3.8, 4) is 0 Å². The molecule has 0 saturated carbocycles. The molecule has 1 aliphatic heterocycles. The normalized spacial score (nSPS) is 22.2. The molecule has 11 heavy (non-hydrogen) atoms. The largest absolute Gasteiger partial charge is 0.371 e. The van der Waals surface area contributed by atoms with Crippen molar-refractivity contribution < 1.29 is 4.74 Å². The van der Waals surface area contributed by atoms with Crippen LogP contribution in [0.2, 0.25) is 0 Å². The first-order valence-electron chi connectivity index (χ1n) is 4.01.